The van der Waals surface area contributed by atoms with Crippen molar-refractivity contribution in [2.75, 3.05) is 13.7 Å². The Bertz CT molecular complexity index is 1380. The molecule has 1 saturated carbocycles. The average molecular weight is 620 g/mol. The van der Waals surface area contributed by atoms with Crippen LogP contribution in [0.4, 0.5) is 13.6 Å². The van der Waals surface area contributed by atoms with E-state index in [0.717, 1.165) is 19.3 Å². The monoisotopic (exact) mass is 619 g/mol. The summed E-state index contributed by atoms with van der Waals surface area (Å²) in [6.45, 7) is 6.63. The summed E-state index contributed by atoms with van der Waals surface area (Å²) < 4.78 is 43.2. The highest BCUT2D eigenvalue weighted by atomic mass is 19.3. The predicted octanol–water partition coefficient (Wildman–Crippen LogP) is 4.85. The van der Waals surface area contributed by atoms with Gasteiger partial charge in [0.2, 0.25) is 17.7 Å². The number of halogens is 2. The molecule has 1 aliphatic carbocycles. The molecule has 44 heavy (non-hydrogen) atoms. The van der Waals surface area contributed by atoms with Crippen molar-refractivity contribution in [2.45, 2.75) is 96.8 Å². The van der Waals surface area contributed by atoms with E-state index in [4.69, 9.17) is 15.2 Å². The van der Waals surface area contributed by atoms with E-state index < -0.39 is 71.3 Å². The number of carbonyl (C=O) groups is 3. The van der Waals surface area contributed by atoms with Crippen molar-refractivity contribution in [2.24, 2.45) is 23.0 Å². The molecule has 0 radical (unpaired) electrons. The number of benzene rings is 1. The van der Waals surface area contributed by atoms with Gasteiger partial charge in [0, 0.05) is 18.4 Å². The Morgan fingerprint density at radius 1 is 1.16 bits per heavy atom. The highest BCUT2D eigenvalue weighted by Crippen LogP contribution is 2.42. The van der Waals surface area contributed by atoms with Crippen molar-refractivity contribution in [3.63, 3.8) is 0 Å². The van der Waals surface area contributed by atoms with Crippen molar-refractivity contribution in [1.29, 1.82) is 0 Å². The Labute approximate surface area is 255 Å². The van der Waals surface area contributed by atoms with E-state index in [2.05, 4.69) is 15.3 Å². The van der Waals surface area contributed by atoms with Crippen LogP contribution in [0.15, 0.2) is 18.2 Å². The first-order valence-corrected chi connectivity index (χ1v) is 15.2. The largest absolute Gasteiger partial charge is 0.497 e. The topological polar surface area (TPSA) is 157 Å². The molecule has 11 nitrogen and oxygen atoms in total. The number of rotatable bonds is 13. The summed E-state index contributed by atoms with van der Waals surface area (Å²) >= 11 is 0. The van der Waals surface area contributed by atoms with Gasteiger partial charge in [-0.2, -0.15) is 8.78 Å². The number of alkyl halides is 2. The smallest absolute Gasteiger partial charge is 0.405 e. The second kappa shape index (κ2) is 13.1. The van der Waals surface area contributed by atoms with Crippen molar-refractivity contribution >= 4 is 28.9 Å². The van der Waals surface area contributed by atoms with Crippen molar-refractivity contribution < 1.29 is 37.7 Å². The van der Waals surface area contributed by atoms with Crippen LogP contribution in [0.5, 0.6) is 11.6 Å². The number of fused-ring (bicyclic) bond motifs is 1. The van der Waals surface area contributed by atoms with Crippen LogP contribution in [0.25, 0.3) is 11.0 Å². The third-order valence-electron chi connectivity index (χ3n) is 8.52. The Kier molecular flexibility index (Phi) is 9.84. The zero-order chi connectivity index (χ0) is 32.4. The third kappa shape index (κ3) is 7.47. The second-order valence-corrected chi connectivity index (χ2v) is 12.9. The fourth-order valence-electron chi connectivity index (χ4n) is 5.93. The molecule has 242 valence electrons. The lowest BCUT2D eigenvalue weighted by atomic mass is 9.85. The number of methoxy groups -OCH3 is 1. The van der Waals surface area contributed by atoms with Crippen LogP contribution in [0.3, 0.4) is 0 Å². The molecule has 0 spiro atoms. The Morgan fingerprint density at radius 3 is 2.43 bits per heavy atom. The van der Waals surface area contributed by atoms with Crippen molar-refractivity contribution in [3.05, 3.63) is 23.9 Å². The first-order chi connectivity index (χ1) is 20.7. The van der Waals surface area contributed by atoms with Crippen LogP contribution >= 0.6 is 0 Å². The van der Waals surface area contributed by atoms with E-state index in [0.29, 0.717) is 30.9 Å². The van der Waals surface area contributed by atoms with E-state index in [-0.39, 0.29) is 17.6 Å². The van der Waals surface area contributed by atoms with Gasteiger partial charge in [-0.1, -0.05) is 53.4 Å². The second-order valence-electron chi connectivity index (χ2n) is 12.9. The first kappa shape index (κ1) is 33.1. The fraction of sp³-hybridized carbons (Fsp3) is 0.645. The standard InChI is InChI=1S/C31H43F2N5O6/c1-6-19-22(16-38(23(19)26(34)39)28(40)25(30(2,3)4)37-29(41)42)44-27-24(31(32,33)14-8-7-9-17-10-11-17)35-20-13-12-18(43-5)15-21(20)36-27/h12-13,15,17,19,22-23,25,37H,6-11,14,16H2,1-5H3,(H2,34,39)(H,41,42). The average Bonchev–Trinajstić information content (AvgIpc) is 3.70. The molecule has 2 aliphatic rings. The minimum atomic E-state index is -3.36. The van der Waals surface area contributed by atoms with Crippen LogP contribution in [0.1, 0.15) is 78.3 Å². The van der Waals surface area contributed by atoms with Gasteiger partial charge in [0.25, 0.3) is 5.92 Å². The molecule has 1 aromatic heterocycles. The van der Waals surface area contributed by atoms with Gasteiger partial charge in [0.1, 0.15) is 23.9 Å². The number of nitrogens with two attached hydrogens (primary N) is 1. The zero-order valence-electron chi connectivity index (χ0n) is 25.9. The van der Waals surface area contributed by atoms with Gasteiger partial charge in [-0.25, -0.2) is 14.8 Å². The minimum Gasteiger partial charge on any atom is -0.497 e. The molecule has 2 aromatic rings. The van der Waals surface area contributed by atoms with Crippen LogP contribution in [0, 0.1) is 17.3 Å². The maximum atomic E-state index is 15.8. The summed E-state index contributed by atoms with van der Waals surface area (Å²) in [6.07, 6.45) is 1.76. The van der Waals surface area contributed by atoms with Crippen LogP contribution in [0.2, 0.25) is 0 Å². The number of hydrogen-bond acceptors (Lipinski definition) is 7. The number of hydrogen-bond donors (Lipinski definition) is 3. The molecule has 4 N–H and O–H groups in total. The number of primary amides is 1. The Morgan fingerprint density at radius 2 is 1.86 bits per heavy atom. The zero-order valence-corrected chi connectivity index (χ0v) is 25.9. The maximum Gasteiger partial charge on any atom is 0.405 e. The number of amides is 3. The summed E-state index contributed by atoms with van der Waals surface area (Å²) in [6, 6.07) is 2.36. The number of unbranched alkanes of at least 4 members (excludes halogenated alkanes) is 1. The van der Waals surface area contributed by atoms with Gasteiger partial charge in [-0.15, -0.1) is 0 Å². The molecule has 3 amide bonds. The van der Waals surface area contributed by atoms with Gasteiger partial charge in [-0.3, -0.25) is 9.59 Å². The van der Waals surface area contributed by atoms with Crippen LogP contribution in [-0.2, 0) is 15.5 Å². The summed E-state index contributed by atoms with van der Waals surface area (Å²) in [5.41, 5.74) is 4.82. The number of carboxylic acid groups (broad SMARTS) is 1. The fourth-order valence-corrected chi connectivity index (χ4v) is 5.93. The molecular formula is C31H43F2N5O6. The summed E-state index contributed by atoms with van der Waals surface area (Å²) in [4.78, 5) is 48.0. The Balaban J connectivity index is 1.70. The van der Waals surface area contributed by atoms with E-state index in [1.54, 1.807) is 45.9 Å². The van der Waals surface area contributed by atoms with Crippen molar-refractivity contribution in [3.8, 4) is 11.6 Å². The molecule has 4 unspecified atom stereocenters. The maximum absolute atomic E-state index is 15.8. The molecule has 1 aliphatic heterocycles. The van der Waals surface area contributed by atoms with E-state index in [1.807, 2.05) is 0 Å². The molecule has 0 bridgehead atoms. The minimum absolute atomic E-state index is 0.191. The first-order valence-electron chi connectivity index (χ1n) is 15.2. The number of nitrogens with zero attached hydrogens (tertiary/aromatic N) is 3. The lowest BCUT2D eigenvalue weighted by Crippen LogP contribution is -2.57. The molecule has 1 saturated heterocycles. The molecule has 2 fully saturated rings. The molecule has 13 heteroatoms. The Hall–Kier alpha value is -3.77. The van der Waals surface area contributed by atoms with Gasteiger partial charge in [0.05, 0.1) is 24.7 Å². The lowest BCUT2D eigenvalue weighted by molar-refractivity contribution is -0.141. The predicted molar refractivity (Wildman–Crippen MR) is 158 cm³/mol. The third-order valence-corrected chi connectivity index (χ3v) is 8.52. The molecular weight excluding hydrogens is 576 g/mol. The van der Waals surface area contributed by atoms with Crippen LogP contribution < -0.4 is 20.5 Å². The lowest BCUT2D eigenvalue weighted by Gasteiger charge is -2.34. The number of carbonyl (C=O) groups excluding carboxylic acids is 2. The molecule has 4 rings (SSSR count). The number of nitrogens with one attached hydrogen (secondary N) is 1. The van der Waals surface area contributed by atoms with Crippen molar-refractivity contribution in [1.82, 2.24) is 20.2 Å². The van der Waals surface area contributed by atoms with Gasteiger partial charge < -0.3 is 30.5 Å². The molecule has 1 aromatic carbocycles. The molecule has 4 atom stereocenters. The van der Waals surface area contributed by atoms with E-state index >= 15 is 8.78 Å². The summed E-state index contributed by atoms with van der Waals surface area (Å²) in [5, 5.41) is 11.7. The van der Waals surface area contributed by atoms with Crippen LogP contribution in [-0.4, -0.2) is 69.7 Å². The quantitative estimate of drug-likeness (QED) is 0.269. The number of aromatic nitrogens is 2. The molecule has 2 heterocycles. The normalized spacial score (nSPS) is 21.2. The highest BCUT2D eigenvalue weighted by Gasteiger charge is 2.51. The number of ether oxygens (including phenoxy) is 2. The van der Waals surface area contributed by atoms with Gasteiger partial charge >= 0.3 is 6.09 Å². The number of likely N-dealkylation sites (tertiary alicyclic amines) is 1. The van der Waals surface area contributed by atoms with Gasteiger partial charge in [-0.05, 0) is 36.3 Å². The van der Waals surface area contributed by atoms with E-state index in [9.17, 15) is 19.5 Å². The highest BCUT2D eigenvalue weighted by molar-refractivity contribution is 5.92. The summed E-state index contributed by atoms with van der Waals surface area (Å²) in [5.74, 6) is -4.81. The summed E-state index contributed by atoms with van der Waals surface area (Å²) in [7, 11) is 1.47. The SMILES string of the molecule is CCC1C(Oc2nc3cc(OC)ccc3nc2C(F)(F)CCCCC2CC2)CN(C(=O)C(NC(=O)O)C(C)(C)C)C1C(N)=O. The van der Waals surface area contributed by atoms with Gasteiger partial charge in [0.15, 0.2) is 5.69 Å². The van der Waals surface area contributed by atoms with E-state index in [1.165, 1.54) is 12.0 Å².